The SMILES string of the molecule is CC1=[C-]C(C)(C(c2cc(C)cc(C)c2)(c2cc(C)cc(C)c2)c2cc(C)cc(C)c2)C(C)=C1C.[Cl-].[Cl-].[Cl-].[Ti+4]. The van der Waals surface area contributed by atoms with Crippen LogP contribution in [0, 0.1) is 53.0 Å². The minimum atomic E-state index is -0.416. The van der Waals surface area contributed by atoms with Crippen molar-refractivity contribution in [2.75, 3.05) is 0 Å². The van der Waals surface area contributed by atoms with Gasteiger partial charge in [0, 0.05) is 5.41 Å². The van der Waals surface area contributed by atoms with Crippen LogP contribution in [-0.4, -0.2) is 0 Å². The van der Waals surface area contributed by atoms with Crippen LogP contribution in [0.3, 0.4) is 0 Å². The van der Waals surface area contributed by atoms with Crippen molar-refractivity contribution >= 4 is 0 Å². The Morgan fingerprint density at radius 1 is 0.500 bits per heavy atom. The van der Waals surface area contributed by atoms with Crippen molar-refractivity contribution in [3.63, 3.8) is 0 Å². The molecule has 0 heterocycles. The van der Waals surface area contributed by atoms with Gasteiger partial charge in [-0.1, -0.05) is 114 Å². The second-order valence-corrected chi connectivity index (χ2v) is 11.0. The zero-order chi connectivity index (χ0) is 25.0. The second kappa shape index (κ2) is 13.4. The molecule has 4 heteroatoms. The average molecular weight is 602 g/mol. The Morgan fingerprint density at radius 2 is 0.763 bits per heavy atom. The van der Waals surface area contributed by atoms with Crippen LogP contribution >= 0.6 is 0 Å². The average Bonchev–Trinajstić information content (AvgIpc) is 2.90. The van der Waals surface area contributed by atoms with E-state index in [4.69, 9.17) is 0 Å². The minimum absolute atomic E-state index is 0. The van der Waals surface area contributed by atoms with Gasteiger partial charge in [-0.05, 0) is 58.2 Å². The molecule has 3 aromatic rings. The molecular weight excluding hydrogens is 563 g/mol. The Morgan fingerprint density at radius 3 is 0.974 bits per heavy atom. The van der Waals surface area contributed by atoms with Gasteiger partial charge in [0.1, 0.15) is 0 Å². The van der Waals surface area contributed by atoms with Crippen LogP contribution in [0.2, 0.25) is 0 Å². The molecule has 0 saturated heterocycles. The summed E-state index contributed by atoms with van der Waals surface area (Å²) in [6.07, 6.45) is 4.03. The minimum Gasteiger partial charge on any atom is -1.00 e. The van der Waals surface area contributed by atoms with E-state index in [2.05, 4.69) is 130 Å². The monoisotopic (exact) mass is 600 g/mol. The first-order valence-corrected chi connectivity index (χ1v) is 12.4. The number of aryl methyl sites for hydroxylation is 6. The summed E-state index contributed by atoms with van der Waals surface area (Å²) in [5.74, 6) is 0. The van der Waals surface area contributed by atoms with Crippen molar-refractivity contribution in [1.82, 2.24) is 0 Å². The molecule has 0 aromatic heterocycles. The molecule has 0 bridgehead atoms. The number of halogens is 3. The van der Waals surface area contributed by atoms with E-state index in [0.717, 1.165) is 0 Å². The first-order chi connectivity index (χ1) is 15.9. The van der Waals surface area contributed by atoms with E-state index >= 15 is 0 Å². The van der Waals surface area contributed by atoms with Crippen LogP contribution < -0.4 is 37.2 Å². The summed E-state index contributed by atoms with van der Waals surface area (Å²) in [4.78, 5) is 0. The molecule has 0 spiro atoms. The van der Waals surface area contributed by atoms with E-state index in [1.54, 1.807) is 0 Å². The topological polar surface area (TPSA) is 0 Å². The van der Waals surface area contributed by atoms with Gasteiger partial charge in [-0.2, -0.15) is 11.1 Å². The van der Waals surface area contributed by atoms with Crippen LogP contribution in [0.25, 0.3) is 0 Å². The van der Waals surface area contributed by atoms with Gasteiger partial charge >= 0.3 is 21.7 Å². The third kappa shape index (κ3) is 6.06. The third-order valence-electron chi connectivity index (χ3n) is 8.03. The Labute approximate surface area is 264 Å². The first-order valence-electron chi connectivity index (χ1n) is 12.4. The van der Waals surface area contributed by atoms with E-state index in [0.29, 0.717) is 0 Å². The molecule has 4 rings (SSSR count). The van der Waals surface area contributed by atoms with Gasteiger partial charge in [-0.15, -0.1) is 6.92 Å². The quantitative estimate of drug-likeness (QED) is 0.224. The molecule has 1 aliphatic rings. The second-order valence-electron chi connectivity index (χ2n) is 11.0. The van der Waals surface area contributed by atoms with Crippen molar-refractivity contribution in [1.29, 1.82) is 0 Å². The van der Waals surface area contributed by atoms with Crippen LogP contribution in [0.5, 0.6) is 0 Å². The molecule has 1 atom stereocenters. The van der Waals surface area contributed by atoms with E-state index < -0.39 is 5.41 Å². The van der Waals surface area contributed by atoms with Crippen molar-refractivity contribution in [3.05, 3.63) is 127 Å². The van der Waals surface area contributed by atoms with E-state index in [1.165, 1.54) is 66.8 Å². The summed E-state index contributed by atoms with van der Waals surface area (Å²) in [6, 6.07) is 21.3. The zero-order valence-corrected chi connectivity index (χ0v) is 28.2. The van der Waals surface area contributed by atoms with E-state index in [-0.39, 0.29) is 64.4 Å². The van der Waals surface area contributed by atoms with Gasteiger partial charge in [0.2, 0.25) is 0 Å². The normalized spacial score (nSPS) is 16.5. The van der Waals surface area contributed by atoms with Gasteiger partial charge in [0.25, 0.3) is 0 Å². The molecule has 1 unspecified atom stereocenters. The fraction of sp³-hybridized carbons (Fsp3) is 0.353. The molecule has 0 radical (unpaired) electrons. The van der Waals surface area contributed by atoms with Crippen LogP contribution in [0.1, 0.15) is 77.8 Å². The summed E-state index contributed by atoms with van der Waals surface area (Å²) in [5.41, 5.74) is 15.1. The molecule has 3 aromatic carbocycles. The van der Waals surface area contributed by atoms with Crippen LogP contribution in [-0.2, 0) is 27.1 Å². The maximum atomic E-state index is 4.03. The number of hydrogen-bond acceptors (Lipinski definition) is 0. The molecule has 0 amide bonds. The fourth-order valence-corrected chi connectivity index (χ4v) is 6.53. The molecule has 0 saturated carbocycles. The molecule has 0 aliphatic heterocycles. The zero-order valence-electron chi connectivity index (χ0n) is 24.3. The Bertz CT molecular complexity index is 1180. The summed E-state index contributed by atoms with van der Waals surface area (Å²) < 4.78 is 0. The Balaban J connectivity index is 0.00000342. The standard InChI is InChI=1S/C34H39.3ClH.Ti/c1-21-11-22(2)15-30(14-21)34(31-16-23(3)12-24(4)17-31,32-18-25(5)13-26(6)19-32)33(10)20-27(7)28(8)29(33)9;;;;/h11-19H,1-10H3;3*1H;/q-1;;;;+4/p-3. The summed E-state index contributed by atoms with van der Waals surface area (Å²) >= 11 is 0. The maximum absolute atomic E-state index is 4.03. The van der Waals surface area contributed by atoms with Crippen molar-refractivity contribution in [2.24, 2.45) is 5.41 Å². The van der Waals surface area contributed by atoms with Crippen molar-refractivity contribution < 1.29 is 58.9 Å². The Kier molecular flexibility index (Phi) is 12.9. The molecular formula is C34H39Cl3Ti. The van der Waals surface area contributed by atoms with Crippen molar-refractivity contribution in [2.45, 2.75) is 74.7 Å². The predicted molar refractivity (Wildman–Crippen MR) is 147 cm³/mol. The number of benzene rings is 3. The molecule has 0 nitrogen and oxygen atoms in total. The largest absolute Gasteiger partial charge is 4.00 e. The van der Waals surface area contributed by atoms with Crippen molar-refractivity contribution in [3.8, 4) is 0 Å². The number of allylic oxidation sites excluding steroid dienone is 4. The van der Waals surface area contributed by atoms with Crippen LogP contribution in [0.15, 0.2) is 71.3 Å². The van der Waals surface area contributed by atoms with Gasteiger partial charge in [0.05, 0.1) is 0 Å². The fourth-order valence-electron chi connectivity index (χ4n) is 6.53. The van der Waals surface area contributed by atoms with E-state index in [1.807, 2.05) is 0 Å². The molecule has 0 fully saturated rings. The smallest absolute Gasteiger partial charge is 1.00 e. The summed E-state index contributed by atoms with van der Waals surface area (Å²) in [5, 5.41) is 0. The van der Waals surface area contributed by atoms with Gasteiger partial charge < -0.3 is 37.2 Å². The predicted octanol–water partition coefficient (Wildman–Crippen LogP) is -0.0132. The van der Waals surface area contributed by atoms with Gasteiger partial charge in [-0.25, -0.2) is 5.57 Å². The number of rotatable bonds is 4. The molecule has 0 N–H and O–H groups in total. The molecule has 200 valence electrons. The number of hydrogen-bond donors (Lipinski definition) is 0. The molecule has 1 aliphatic carbocycles. The third-order valence-corrected chi connectivity index (χ3v) is 8.03. The Hall–Kier alpha value is -1.28. The summed E-state index contributed by atoms with van der Waals surface area (Å²) in [7, 11) is 0. The maximum Gasteiger partial charge on any atom is 4.00 e. The van der Waals surface area contributed by atoms with Crippen LogP contribution in [0.4, 0.5) is 0 Å². The van der Waals surface area contributed by atoms with Gasteiger partial charge in [0.15, 0.2) is 0 Å². The van der Waals surface area contributed by atoms with Gasteiger partial charge in [-0.3, -0.25) is 6.08 Å². The van der Waals surface area contributed by atoms with E-state index in [9.17, 15) is 0 Å². The molecule has 38 heavy (non-hydrogen) atoms. The summed E-state index contributed by atoms with van der Waals surface area (Å²) in [6.45, 7) is 22.5. The first kappa shape index (κ1) is 36.7.